The highest BCUT2D eigenvalue weighted by Crippen LogP contribution is 2.25. The van der Waals surface area contributed by atoms with Gasteiger partial charge < -0.3 is 15.0 Å². The number of carbonyl (C=O) groups is 1. The molecule has 2 aromatic heterocycles. The van der Waals surface area contributed by atoms with Crippen molar-refractivity contribution in [3.05, 3.63) is 42.2 Å². The summed E-state index contributed by atoms with van der Waals surface area (Å²) in [7, 11) is 1.65. The molecule has 4 rings (SSSR count). The Bertz CT molecular complexity index is 1020. The first-order chi connectivity index (χ1) is 14.7. The van der Waals surface area contributed by atoms with Crippen molar-refractivity contribution in [2.75, 3.05) is 38.3 Å². The standard InChI is InChI=1S/C21H25FN6O2/c1-30-14-4-11-23-21(29)15-9-12-27(13-10-15)19-8-7-18-24-25-20(28(18)26-19)16-5-2-3-6-17(16)22/h2-3,5-8,15H,4,9-14H2,1H3,(H,23,29). The van der Waals surface area contributed by atoms with Gasteiger partial charge in [-0.3, -0.25) is 4.79 Å². The van der Waals surface area contributed by atoms with Crippen LogP contribution in [-0.4, -0.2) is 59.1 Å². The van der Waals surface area contributed by atoms with Crippen molar-refractivity contribution in [3.63, 3.8) is 0 Å². The number of carbonyl (C=O) groups excluding carboxylic acids is 1. The van der Waals surface area contributed by atoms with E-state index in [1.807, 2.05) is 12.1 Å². The largest absolute Gasteiger partial charge is 0.385 e. The van der Waals surface area contributed by atoms with Crippen molar-refractivity contribution in [2.24, 2.45) is 5.92 Å². The molecule has 9 heteroatoms. The van der Waals surface area contributed by atoms with Gasteiger partial charge in [0.05, 0.1) is 5.56 Å². The zero-order valence-corrected chi connectivity index (χ0v) is 16.9. The van der Waals surface area contributed by atoms with E-state index in [9.17, 15) is 9.18 Å². The molecule has 0 radical (unpaired) electrons. The molecule has 0 bridgehead atoms. The minimum absolute atomic E-state index is 0.0106. The third-order valence-corrected chi connectivity index (χ3v) is 5.38. The van der Waals surface area contributed by atoms with Crippen LogP contribution in [0, 0.1) is 11.7 Å². The number of fused-ring (bicyclic) bond motifs is 1. The van der Waals surface area contributed by atoms with Crippen LogP contribution in [0.2, 0.25) is 0 Å². The van der Waals surface area contributed by atoms with Gasteiger partial charge in [-0.15, -0.1) is 15.3 Å². The average Bonchev–Trinajstić information content (AvgIpc) is 3.20. The summed E-state index contributed by atoms with van der Waals surface area (Å²) in [6.07, 6.45) is 2.34. The van der Waals surface area contributed by atoms with Gasteiger partial charge in [-0.2, -0.15) is 4.52 Å². The first-order valence-corrected chi connectivity index (χ1v) is 10.2. The van der Waals surface area contributed by atoms with Crippen LogP contribution >= 0.6 is 0 Å². The first-order valence-electron chi connectivity index (χ1n) is 10.2. The van der Waals surface area contributed by atoms with Crippen molar-refractivity contribution >= 4 is 17.4 Å². The molecule has 3 aromatic rings. The molecular formula is C21H25FN6O2. The normalized spacial score (nSPS) is 14.9. The summed E-state index contributed by atoms with van der Waals surface area (Å²) in [5.41, 5.74) is 0.917. The molecule has 0 saturated carbocycles. The maximum atomic E-state index is 14.2. The van der Waals surface area contributed by atoms with Crippen molar-refractivity contribution in [1.29, 1.82) is 0 Å². The molecule has 0 spiro atoms. The fourth-order valence-corrected chi connectivity index (χ4v) is 3.70. The molecule has 30 heavy (non-hydrogen) atoms. The second-order valence-corrected chi connectivity index (χ2v) is 7.36. The Morgan fingerprint density at radius 1 is 1.20 bits per heavy atom. The number of benzene rings is 1. The predicted octanol–water partition coefficient (Wildman–Crippen LogP) is 2.30. The molecule has 3 heterocycles. The van der Waals surface area contributed by atoms with Crippen molar-refractivity contribution in [2.45, 2.75) is 19.3 Å². The zero-order chi connectivity index (χ0) is 20.9. The van der Waals surface area contributed by atoms with Crippen molar-refractivity contribution in [3.8, 4) is 11.4 Å². The maximum Gasteiger partial charge on any atom is 0.223 e. The molecule has 1 fully saturated rings. The molecule has 0 unspecified atom stereocenters. The molecule has 1 N–H and O–H groups in total. The van der Waals surface area contributed by atoms with E-state index in [0.29, 0.717) is 30.2 Å². The summed E-state index contributed by atoms with van der Waals surface area (Å²) in [6.45, 7) is 2.74. The number of piperidine rings is 1. The van der Waals surface area contributed by atoms with Gasteiger partial charge in [-0.05, 0) is 43.5 Å². The van der Waals surface area contributed by atoms with E-state index in [0.717, 1.165) is 38.2 Å². The molecule has 158 valence electrons. The number of anilines is 1. The monoisotopic (exact) mass is 412 g/mol. The van der Waals surface area contributed by atoms with Crippen LogP contribution in [-0.2, 0) is 9.53 Å². The molecule has 0 aliphatic carbocycles. The van der Waals surface area contributed by atoms with Gasteiger partial charge in [0, 0.05) is 39.3 Å². The summed E-state index contributed by atoms with van der Waals surface area (Å²) in [5.74, 6) is 0.886. The van der Waals surface area contributed by atoms with Crippen LogP contribution in [0.4, 0.5) is 10.2 Å². The van der Waals surface area contributed by atoms with Crippen LogP contribution in [0.3, 0.4) is 0 Å². The van der Waals surface area contributed by atoms with E-state index in [1.54, 1.807) is 29.8 Å². The van der Waals surface area contributed by atoms with Crippen LogP contribution in [0.1, 0.15) is 19.3 Å². The van der Waals surface area contributed by atoms with E-state index in [2.05, 4.69) is 25.5 Å². The van der Waals surface area contributed by atoms with Crippen LogP contribution in [0.5, 0.6) is 0 Å². The van der Waals surface area contributed by atoms with Crippen LogP contribution < -0.4 is 10.2 Å². The van der Waals surface area contributed by atoms with Crippen molar-refractivity contribution < 1.29 is 13.9 Å². The van der Waals surface area contributed by atoms with Crippen molar-refractivity contribution in [1.82, 2.24) is 25.1 Å². The summed E-state index contributed by atoms with van der Waals surface area (Å²) >= 11 is 0. The minimum atomic E-state index is -0.365. The average molecular weight is 412 g/mol. The van der Waals surface area contributed by atoms with Gasteiger partial charge in [0.1, 0.15) is 11.6 Å². The molecule has 1 aromatic carbocycles. The number of methoxy groups -OCH3 is 1. The number of hydrogen-bond donors (Lipinski definition) is 1. The number of rotatable bonds is 7. The smallest absolute Gasteiger partial charge is 0.223 e. The predicted molar refractivity (Wildman–Crippen MR) is 111 cm³/mol. The number of hydrogen-bond acceptors (Lipinski definition) is 6. The summed E-state index contributed by atoms with van der Waals surface area (Å²) in [4.78, 5) is 14.5. The molecule has 0 atom stereocenters. The van der Waals surface area contributed by atoms with E-state index in [4.69, 9.17) is 4.74 Å². The lowest BCUT2D eigenvalue weighted by molar-refractivity contribution is -0.125. The second-order valence-electron chi connectivity index (χ2n) is 7.36. The molecular weight excluding hydrogens is 387 g/mol. The SMILES string of the molecule is COCCCNC(=O)C1CCN(c2ccc3nnc(-c4ccccc4F)n3n2)CC1. The van der Waals surface area contributed by atoms with E-state index in [-0.39, 0.29) is 17.6 Å². The highest BCUT2D eigenvalue weighted by molar-refractivity contribution is 5.79. The van der Waals surface area contributed by atoms with Gasteiger partial charge in [0.25, 0.3) is 0 Å². The molecule has 1 aliphatic heterocycles. The Labute approximate surface area is 174 Å². The molecule has 1 saturated heterocycles. The van der Waals surface area contributed by atoms with E-state index < -0.39 is 0 Å². The number of ether oxygens (including phenoxy) is 1. The highest BCUT2D eigenvalue weighted by Gasteiger charge is 2.26. The maximum absolute atomic E-state index is 14.2. The third kappa shape index (κ3) is 4.25. The van der Waals surface area contributed by atoms with Gasteiger partial charge in [-0.25, -0.2) is 4.39 Å². The molecule has 8 nitrogen and oxygen atoms in total. The summed E-state index contributed by atoms with van der Waals surface area (Å²) in [5, 5.41) is 15.9. The lowest BCUT2D eigenvalue weighted by atomic mass is 9.96. The number of halogens is 1. The van der Waals surface area contributed by atoms with Gasteiger partial charge in [0.2, 0.25) is 5.91 Å². The van der Waals surface area contributed by atoms with Gasteiger partial charge in [0.15, 0.2) is 11.5 Å². The Morgan fingerprint density at radius 3 is 2.77 bits per heavy atom. The molecule has 1 amide bonds. The van der Waals surface area contributed by atoms with E-state index >= 15 is 0 Å². The fraction of sp³-hybridized carbons (Fsp3) is 0.429. The Balaban J connectivity index is 1.44. The highest BCUT2D eigenvalue weighted by atomic mass is 19.1. The lowest BCUT2D eigenvalue weighted by Gasteiger charge is -2.32. The Morgan fingerprint density at radius 2 is 2.00 bits per heavy atom. The number of nitrogens with zero attached hydrogens (tertiary/aromatic N) is 5. The van der Waals surface area contributed by atoms with Gasteiger partial charge in [-0.1, -0.05) is 12.1 Å². The zero-order valence-electron chi connectivity index (χ0n) is 16.9. The summed E-state index contributed by atoms with van der Waals surface area (Å²) < 4.78 is 20.8. The van der Waals surface area contributed by atoms with E-state index in [1.165, 1.54) is 6.07 Å². The number of amides is 1. The van der Waals surface area contributed by atoms with Crippen LogP contribution in [0.15, 0.2) is 36.4 Å². The Hall–Kier alpha value is -3.07. The lowest BCUT2D eigenvalue weighted by Crippen LogP contribution is -2.41. The topological polar surface area (TPSA) is 84.6 Å². The quantitative estimate of drug-likeness (QED) is 0.600. The summed E-state index contributed by atoms with van der Waals surface area (Å²) in [6, 6.07) is 10.2. The van der Waals surface area contributed by atoms with Crippen LogP contribution in [0.25, 0.3) is 17.0 Å². The van der Waals surface area contributed by atoms with Gasteiger partial charge >= 0.3 is 0 Å². The minimum Gasteiger partial charge on any atom is -0.385 e. The third-order valence-electron chi connectivity index (χ3n) is 5.38. The fourth-order valence-electron chi connectivity index (χ4n) is 3.70. The number of nitrogens with one attached hydrogen (secondary N) is 1. The first kappa shape index (κ1) is 20.2. The Kier molecular flexibility index (Phi) is 6.18. The second kappa shape index (κ2) is 9.17. The molecule has 1 aliphatic rings. The number of aromatic nitrogens is 4.